The summed E-state index contributed by atoms with van der Waals surface area (Å²) in [6.07, 6.45) is 0. The van der Waals surface area contributed by atoms with Crippen molar-refractivity contribution in [3.63, 3.8) is 0 Å². The van der Waals surface area contributed by atoms with E-state index in [4.69, 9.17) is 4.74 Å². The largest absolute Gasteiger partial charge is 0.484 e. The molecule has 0 aliphatic carbocycles. The SMILES string of the molecule is Cc1cc(OCC(=O)Nc2nc(-c3ccccc3)cs2)ccc1[N+](=O)[O-]. The Morgan fingerprint density at radius 1 is 1.27 bits per heavy atom. The second-order valence-corrected chi connectivity index (χ2v) is 6.30. The van der Waals surface area contributed by atoms with Gasteiger partial charge in [-0.3, -0.25) is 20.2 Å². The van der Waals surface area contributed by atoms with Gasteiger partial charge < -0.3 is 4.74 Å². The zero-order valence-electron chi connectivity index (χ0n) is 13.8. The maximum absolute atomic E-state index is 12.0. The molecule has 1 amide bonds. The second kappa shape index (κ2) is 7.75. The average molecular weight is 369 g/mol. The van der Waals surface area contributed by atoms with Gasteiger partial charge in [0.15, 0.2) is 11.7 Å². The van der Waals surface area contributed by atoms with E-state index >= 15 is 0 Å². The van der Waals surface area contributed by atoms with Gasteiger partial charge in [-0.1, -0.05) is 30.3 Å². The van der Waals surface area contributed by atoms with Gasteiger partial charge in [-0.15, -0.1) is 11.3 Å². The molecule has 0 atom stereocenters. The summed E-state index contributed by atoms with van der Waals surface area (Å²) in [7, 11) is 0. The van der Waals surface area contributed by atoms with Crippen LogP contribution >= 0.6 is 11.3 Å². The highest BCUT2D eigenvalue weighted by Crippen LogP contribution is 2.25. The molecule has 1 N–H and O–H groups in total. The van der Waals surface area contributed by atoms with E-state index in [0.717, 1.165) is 11.3 Å². The van der Waals surface area contributed by atoms with Crippen molar-refractivity contribution in [1.29, 1.82) is 0 Å². The van der Waals surface area contributed by atoms with Crippen molar-refractivity contribution in [2.45, 2.75) is 6.92 Å². The number of nitrogens with zero attached hydrogens (tertiary/aromatic N) is 2. The normalized spacial score (nSPS) is 10.3. The molecule has 1 aromatic heterocycles. The van der Waals surface area contributed by atoms with E-state index in [9.17, 15) is 14.9 Å². The summed E-state index contributed by atoms with van der Waals surface area (Å²) in [4.78, 5) is 26.7. The molecule has 0 radical (unpaired) electrons. The maximum atomic E-state index is 12.0. The minimum absolute atomic E-state index is 0.0121. The van der Waals surface area contributed by atoms with Gasteiger partial charge in [0.05, 0.1) is 10.6 Å². The number of anilines is 1. The molecule has 0 saturated heterocycles. The number of carbonyl (C=O) groups is 1. The average Bonchev–Trinajstić information content (AvgIpc) is 3.09. The number of nitro groups is 1. The van der Waals surface area contributed by atoms with Crippen LogP contribution in [0.25, 0.3) is 11.3 Å². The van der Waals surface area contributed by atoms with Crippen molar-refractivity contribution < 1.29 is 14.5 Å². The fraction of sp³-hybridized carbons (Fsp3) is 0.111. The number of rotatable bonds is 6. The van der Waals surface area contributed by atoms with Gasteiger partial charge in [0.1, 0.15) is 5.75 Å². The number of aromatic nitrogens is 1. The zero-order valence-corrected chi connectivity index (χ0v) is 14.7. The Morgan fingerprint density at radius 2 is 2.04 bits per heavy atom. The fourth-order valence-electron chi connectivity index (χ4n) is 2.30. The molecule has 26 heavy (non-hydrogen) atoms. The second-order valence-electron chi connectivity index (χ2n) is 5.45. The minimum Gasteiger partial charge on any atom is -0.484 e. The number of hydrogen-bond donors (Lipinski definition) is 1. The van der Waals surface area contributed by atoms with E-state index in [1.807, 2.05) is 35.7 Å². The van der Waals surface area contributed by atoms with Gasteiger partial charge in [-0.05, 0) is 19.1 Å². The summed E-state index contributed by atoms with van der Waals surface area (Å²) < 4.78 is 5.39. The van der Waals surface area contributed by atoms with Crippen molar-refractivity contribution in [1.82, 2.24) is 4.98 Å². The summed E-state index contributed by atoms with van der Waals surface area (Å²) in [6, 6.07) is 14.0. The molecular weight excluding hydrogens is 354 g/mol. The molecule has 7 nitrogen and oxygen atoms in total. The molecule has 3 rings (SSSR count). The summed E-state index contributed by atoms with van der Waals surface area (Å²) in [5, 5.41) is 15.8. The predicted molar refractivity (Wildman–Crippen MR) is 99.5 cm³/mol. The van der Waals surface area contributed by atoms with E-state index in [1.54, 1.807) is 6.92 Å². The molecule has 8 heteroatoms. The van der Waals surface area contributed by atoms with E-state index in [-0.39, 0.29) is 18.2 Å². The van der Waals surface area contributed by atoms with Crippen molar-refractivity contribution in [2.75, 3.05) is 11.9 Å². The number of ether oxygens (including phenoxy) is 1. The Kier molecular flexibility index (Phi) is 5.23. The molecule has 0 saturated carbocycles. The highest BCUT2D eigenvalue weighted by atomic mass is 32.1. The number of thiazole rings is 1. The van der Waals surface area contributed by atoms with E-state index in [0.29, 0.717) is 16.4 Å². The molecule has 0 fully saturated rings. The third kappa shape index (κ3) is 4.22. The lowest BCUT2D eigenvalue weighted by Gasteiger charge is -2.06. The molecule has 0 aliphatic rings. The molecular formula is C18H15N3O4S. The third-order valence-corrected chi connectivity index (χ3v) is 4.31. The fourth-order valence-corrected chi connectivity index (χ4v) is 3.04. The first-order valence-corrected chi connectivity index (χ1v) is 8.59. The van der Waals surface area contributed by atoms with Gasteiger partial charge in [-0.25, -0.2) is 4.98 Å². The molecule has 0 bridgehead atoms. The van der Waals surface area contributed by atoms with Crippen molar-refractivity contribution in [2.24, 2.45) is 0 Å². The molecule has 0 aliphatic heterocycles. The number of aryl methyl sites for hydroxylation is 1. The monoisotopic (exact) mass is 369 g/mol. The standard InChI is InChI=1S/C18H15N3O4S/c1-12-9-14(7-8-16(12)21(23)24)25-10-17(22)20-18-19-15(11-26-18)13-5-3-2-4-6-13/h2-9,11H,10H2,1H3,(H,19,20,22). The van der Waals surface area contributed by atoms with Crippen LogP contribution < -0.4 is 10.1 Å². The van der Waals surface area contributed by atoms with Gasteiger partial charge >= 0.3 is 0 Å². The first kappa shape index (κ1) is 17.6. The molecule has 132 valence electrons. The van der Waals surface area contributed by atoms with Crippen LogP contribution in [0.2, 0.25) is 0 Å². The number of benzene rings is 2. The lowest BCUT2D eigenvalue weighted by atomic mass is 10.2. The molecule has 2 aromatic carbocycles. The Hall–Kier alpha value is -3.26. The number of hydrogen-bond acceptors (Lipinski definition) is 6. The van der Waals surface area contributed by atoms with E-state index in [1.165, 1.54) is 29.5 Å². The van der Waals surface area contributed by atoms with E-state index < -0.39 is 4.92 Å². The van der Waals surface area contributed by atoms with Crippen molar-refractivity contribution in [3.8, 4) is 17.0 Å². The van der Waals surface area contributed by atoms with Crippen molar-refractivity contribution >= 4 is 28.1 Å². The van der Waals surface area contributed by atoms with Gasteiger partial charge in [0, 0.05) is 22.6 Å². The smallest absolute Gasteiger partial charge is 0.272 e. The summed E-state index contributed by atoms with van der Waals surface area (Å²) in [5.74, 6) is 0.0438. The van der Waals surface area contributed by atoms with Gasteiger partial charge in [0.25, 0.3) is 11.6 Å². The van der Waals surface area contributed by atoms with Crippen LogP contribution in [0.4, 0.5) is 10.8 Å². The number of amides is 1. The summed E-state index contributed by atoms with van der Waals surface area (Å²) in [5.41, 5.74) is 2.25. The highest BCUT2D eigenvalue weighted by molar-refractivity contribution is 7.14. The number of carbonyl (C=O) groups excluding carboxylic acids is 1. The van der Waals surface area contributed by atoms with Gasteiger partial charge in [-0.2, -0.15) is 0 Å². The predicted octanol–water partition coefficient (Wildman–Crippen LogP) is 4.04. The summed E-state index contributed by atoms with van der Waals surface area (Å²) >= 11 is 1.33. The molecule has 1 heterocycles. The Balaban J connectivity index is 1.57. The first-order chi connectivity index (χ1) is 12.5. The van der Waals surface area contributed by atoms with E-state index in [2.05, 4.69) is 10.3 Å². The Labute approximate surface area is 153 Å². The molecule has 3 aromatic rings. The Morgan fingerprint density at radius 3 is 2.73 bits per heavy atom. The lowest BCUT2D eigenvalue weighted by molar-refractivity contribution is -0.385. The zero-order chi connectivity index (χ0) is 18.5. The molecule has 0 spiro atoms. The van der Waals surface area contributed by atoms with Gasteiger partial charge in [0.2, 0.25) is 0 Å². The third-order valence-electron chi connectivity index (χ3n) is 3.55. The van der Waals surface area contributed by atoms with Crippen LogP contribution in [0.5, 0.6) is 5.75 Å². The number of nitro benzene ring substituents is 1. The van der Waals surface area contributed by atoms with Crippen LogP contribution in [-0.4, -0.2) is 22.4 Å². The van der Waals surface area contributed by atoms with Crippen LogP contribution in [-0.2, 0) is 4.79 Å². The number of nitrogens with one attached hydrogen (secondary N) is 1. The summed E-state index contributed by atoms with van der Waals surface area (Å²) in [6.45, 7) is 1.41. The van der Waals surface area contributed by atoms with Crippen LogP contribution in [0.3, 0.4) is 0 Å². The first-order valence-electron chi connectivity index (χ1n) is 7.71. The molecule has 0 unspecified atom stereocenters. The topological polar surface area (TPSA) is 94.4 Å². The quantitative estimate of drug-likeness (QED) is 0.523. The minimum atomic E-state index is -0.460. The van der Waals surface area contributed by atoms with Crippen molar-refractivity contribution in [3.05, 3.63) is 69.6 Å². The van der Waals surface area contributed by atoms with Crippen LogP contribution in [0, 0.1) is 17.0 Å². The van der Waals surface area contributed by atoms with Crippen LogP contribution in [0.15, 0.2) is 53.9 Å². The highest BCUT2D eigenvalue weighted by Gasteiger charge is 2.12. The maximum Gasteiger partial charge on any atom is 0.272 e. The lowest BCUT2D eigenvalue weighted by Crippen LogP contribution is -2.20. The van der Waals surface area contributed by atoms with Crippen LogP contribution in [0.1, 0.15) is 5.56 Å². The Bertz CT molecular complexity index is 941.